The van der Waals surface area contributed by atoms with Crippen LogP contribution in [0.1, 0.15) is 5.69 Å². The third-order valence-corrected chi connectivity index (χ3v) is 5.90. The zero-order valence-electron chi connectivity index (χ0n) is 15.9. The fourth-order valence-corrected chi connectivity index (χ4v) is 3.75. The average Bonchev–Trinajstić information content (AvgIpc) is 2.73. The van der Waals surface area contributed by atoms with Crippen molar-refractivity contribution in [3.8, 4) is 17.5 Å². The smallest absolute Gasteiger partial charge is 0.477 e. The number of hydrogen-bond donors (Lipinski definition) is 0. The summed E-state index contributed by atoms with van der Waals surface area (Å²) in [5.74, 6) is -1.39. The van der Waals surface area contributed by atoms with Gasteiger partial charge in [0.1, 0.15) is 0 Å². The van der Waals surface area contributed by atoms with Crippen molar-refractivity contribution < 1.29 is 39.6 Å². The molecule has 7 nitrogen and oxygen atoms in total. The minimum absolute atomic E-state index is 0.0925. The molecule has 0 N–H and O–H groups in total. The number of benzene rings is 2. The van der Waals surface area contributed by atoms with Gasteiger partial charge in [-0.2, -0.15) is 21.6 Å². The molecule has 0 amide bonds. The van der Waals surface area contributed by atoms with Gasteiger partial charge >= 0.3 is 15.6 Å². The van der Waals surface area contributed by atoms with Crippen molar-refractivity contribution in [2.75, 3.05) is 14.2 Å². The normalized spacial score (nSPS) is 12.1. The molecule has 0 fully saturated rings. The molecule has 31 heavy (non-hydrogen) atoms. The highest BCUT2D eigenvalue weighted by Crippen LogP contribution is 2.34. The Bertz CT molecular complexity index is 1220. The third kappa shape index (κ3) is 4.93. The Hall–Kier alpha value is -2.80. The summed E-state index contributed by atoms with van der Waals surface area (Å²) in [4.78, 5) is 9.05. The highest BCUT2D eigenvalue weighted by molar-refractivity contribution is 7.98. The molecule has 0 radical (unpaired) electrons. The number of fused-ring (bicyclic) bond motifs is 1. The topological polar surface area (TPSA) is 87.6 Å². The molecule has 13 heteroatoms. The van der Waals surface area contributed by atoms with Crippen molar-refractivity contribution in [1.82, 2.24) is 9.97 Å². The molecule has 0 saturated carbocycles. The van der Waals surface area contributed by atoms with Crippen LogP contribution in [0.5, 0.6) is 17.5 Å². The molecule has 0 aliphatic carbocycles. The standard InChI is InChI=1S/C18H14F4N2O5S2/c1-27-16-17(28-2)24-11(8-23-16)9-30-12-4-5-13-10(7-12)3-6-14(15(13)19)29-31(25,26)18(20,21)22/h3-8H,9H2,1-2H3. The zero-order valence-corrected chi connectivity index (χ0v) is 17.6. The Balaban J connectivity index is 1.81. The van der Waals surface area contributed by atoms with Gasteiger partial charge in [-0.15, -0.1) is 11.8 Å². The van der Waals surface area contributed by atoms with Crippen molar-refractivity contribution in [2.45, 2.75) is 16.2 Å². The van der Waals surface area contributed by atoms with Gasteiger partial charge in [-0.05, 0) is 23.6 Å². The molecule has 1 aromatic heterocycles. The molecule has 3 rings (SSSR count). The van der Waals surface area contributed by atoms with E-state index in [1.807, 2.05) is 0 Å². The van der Waals surface area contributed by atoms with Gasteiger partial charge < -0.3 is 13.7 Å². The highest BCUT2D eigenvalue weighted by atomic mass is 32.2. The number of rotatable bonds is 7. The van der Waals surface area contributed by atoms with Gasteiger partial charge in [-0.25, -0.2) is 14.4 Å². The first-order chi connectivity index (χ1) is 14.6. The first-order valence-corrected chi connectivity index (χ1v) is 10.7. The minimum Gasteiger partial charge on any atom is -0.477 e. The SMILES string of the molecule is COc1ncc(CSc2ccc3c(F)c(OS(=O)(=O)C(F)(F)F)ccc3c2)nc1OC. The van der Waals surface area contributed by atoms with Crippen LogP contribution >= 0.6 is 11.8 Å². The van der Waals surface area contributed by atoms with E-state index in [1.165, 1.54) is 50.4 Å². The number of alkyl halides is 3. The first kappa shape index (κ1) is 22.9. The summed E-state index contributed by atoms with van der Waals surface area (Å²) in [6.07, 6.45) is 1.51. The summed E-state index contributed by atoms with van der Waals surface area (Å²) < 4.78 is 88.2. The van der Waals surface area contributed by atoms with Crippen molar-refractivity contribution in [1.29, 1.82) is 0 Å². The maximum atomic E-state index is 14.5. The lowest BCUT2D eigenvalue weighted by molar-refractivity contribution is -0.0500. The molecule has 0 aliphatic rings. The molecular weight excluding hydrogens is 464 g/mol. The molecule has 0 atom stereocenters. The average molecular weight is 478 g/mol. The molecule has 0 bridgehead atoms. The summed E-state index contributed by atoms with van der Waals surface area (Å²) in [6, 6.07) is 6.54. The number of methoxy groups -OCH3 is 2. The minimum atomic E-state index is -5.98. The van der Waals surface area contributed by atoms with Gasteiger partial charge in [0.2, 0.25) is 0 Å². The van der Waals surface area contributed by atoms with Crippen LogP contribution in [0, 0.1) is 5.82 Å². The fraction of sp³-hybridized carbons (Fsp3) is 0.222. The molecular formula is C18H14F4N2O5S2. The summed E-state index contributed by atoms with van der Waals surface area (Å²) in [5.41, 5.74) is -5.07. The van der Waals surface area contributed by atoms with Crippen LogP contribution in [-0.2, 0) is 15.9 Å². The van der Waals surface area contributed by atoms with E-state index in [9.17, 15) is 26.0 Å². The van der Waals surface area contributed by atoms with Crippen molar-refractivity contribution in [3.05, 3.63) is 48.0 Å². The monoisotopic (exact) mass is 478 g/mol. The lowest BCUT2D eigenvalue weighted by Gasteiger charge is -2.11. The third-order valence-electron chi connectivity index (χ3n) is 3.91. The summed E-state index contributed by atoms with van der Waals surface area (Å²) in [7, 11) is -3.11. The van der Waals surface area contributed by atoms with Crippen molar-refractivity contribution in [2.24, 2.45) is 0 Å². The van der Waals surface area contributed by atoms with E-state index in [2.05, 4.69) is 14.2 Å². The second-order valence-corrected chi connectivity index (χ2v) is 8.50. The second kappa shape index (κ2) is 8.75. The number of nitrogens with zero attached hydrogens (tertiary/aromatic N) is 2. The van der Waals surface area contributed by atoms with Crippen LogP contribution in [0.2, 0.25) is 0 Å². The van der Waals surface area contributed by atoms with Crippen LogP contribution in [0.25, 0.3) is 10.8 Å². The van der Waals surface area contributed by atoms with E-state index < -0.39 is 27.2 Å². The first-order valence-electron chi connectivity index (χ1n) is 8.35. The quantitative estimate of drug-likeness (QED) is 0.215. The maximum absolute atomic E-state index is 14.5. The highest BCUT2D eigenvalue weighted by Gasteiger charge is 2.49. The Labute approximate surface area is 178 Å². The fourth-order valence-electron chi connectivity index (χ4n) is 2.46. The number of aromatic nitrogens is 2. The summed E-state index contributed by atoms with van der Waals surface area (Å²) in [5, 5.41) is 0.253. The Morgan fingerprint density at radius 1 is 1.06 bits per heavy atom. The zero-order chi connectivity index (χ0) is 22.8. The lowest BCUT2D eigenvalue weighted by atomic mass is 10.1. The van der Waals surface area contributed by atoms with Crippen LogP contribution in [0.15, 0.2) is 41.4 Å². The van der Waals surface area contributed by atoms with Crippen LogP contribution < -0.4 is 13.7 Å². The Morgan fingerprint density at radius 2 is 1.77 bits per heavy atom. The van der Waals surface area contributed by atoms with E-state index in [-0.39, 0.29) is 17.1 Å². The van der Waals surface area contributed by atoms with Gasteiger partial charge in [-0.1, -0.05) is 12.1 Å². The Kier molecular flexibility index (Phi) is 6.46. The van der Waals surface area contributed by atoms with Gasteiger partial charge in [-0.3, -0.25) is 0 Å². The Morgan fingerprint density at radius 3 is 2.42 bits per heavy atom. The van der Waals surface area contributed by atoms with Crippen LogP contribution in [0.3, 0.4) is 0 Å². The molecule has 0 aliphatic heterocycles. The largest absolute Gasteiger partial charge is 0.534 e. The number of ether oxygens (including phenoxy) is 2. The van der Waals surface area contributed by atoms with Gasteiger partial charge in [0.25, 0.3) is 11.8 Å². The van der Waals surface area contributed by atoms with E-state index in [0.717, 1.165) is 6.07 Å². The van der Waals surface area contributed by atoms with Gasteiger partial charge in [0.05, 0.1) is 26.1 Å². The molecule has 1 heterocycles. The molecule has 0 saturated heterocycles. The van der Waals surface area contributed by atoms with E-state index in [4.69, 9.17) is 9.47 Å². The van der Waals surface area contributed by atoms with Gasteiger partial charge in [0, 0.05) is 16.0 Å². The summed E-state index contributed by atoms with van der Waals surface area (Å²) in [6.45, 7) is 0. The lowest BCUT2D eigenvalue weighted by Crippen LogP contribution is -2.28. The predicted molar refractivity (Wildman–Crippen MR) is 104 cm³/mol. The molecule has 3 aromatic rings. The number of hydrogen-bond acceptors (Lipinski definition) is 8. The van der Waals surface area contributed by atoms with E-state index in [0.29, 0.717) is 21.7 Å². The predicted octanol–water partition coefficient (Wildman–Crippen LogP) is 4.31. The van der Waals surface area contributed by atoms with Gasteiger partial charge in [0.15, 0.2) is 11.6 Å². The van der Waals surface area contributed by atoms with E-state index >= 15 is 0 Å². The van der Waals surface area contributed by atoms with Crippen molar-refractivity contribution in [3.63, 3.8) is 0 Å². The molecule has 166 valence electrons. The van der Waals surface area contributed by atoms with Crippen LogP contribution in [-0.4, -0.2) is 38.1 Å². The maximum Gasteiger partial charge on any atom is 0.534 e. The molecule has 0 spiro atoms. The molecule has 0 unspecified atom stereocenters. The second-order valence-electron chi connectivity index (χ2n) is 5.91. The van der Waals surface area contributed by atoms with E-state index in [1.54, 1.807) is 6.07 Å². The van der Waals surface area contributed by atoms with Crippen LogP contribution in [0.4, 0.5) is 17.6 Å². The molecule has 2 aromatic carbocycles. The summed E-state index contributed by atoms with van der Waals surface area (Å²) >= 11 is 1.35. The van der Waals surface area contributed by atoms with Crippen molar-refractivity contribution >= 4 is 32.7 Å². The number of thioether (sulfide) groups is 1. The number of halogens is 4.